The van der Waals surface area contributed by atoms with Gasteiger partial charge in [0.15, 0.2) is 11.6 Å². The Hall–Kier alpha value is -2.30. The molecule has 3 rings (SSSR count). The van der Waals surface area contributed by atoms with Gasteiger partial charge in [0.05, 0.1) is 17.2 Å². The molecule has 0 N–H and O–H groups in total. The van der Waals surface area contributed by atoms with Crippen molar-refractivity contribution in [2.45, 2.75) is 6.92 Å². The molecule has 0 aliphatic rings. The molecule has 0 saturated carbocycles. The van der Waals surface area contributed by atoms with Crippen LogP contribution < -0.4 is 0 Å². The number of imidazole rings is 1. The maximum Gasteiger partial charge on any atom is 0.175 e. The average molecular weight is 245 g/mol. The molecule has 18 heavy (non-hydrogen) atoms. The summed E-state index contributed by atoms with van der Waals surface area (Å²) in [7, 11) is 0. The highest BCUT2D eigenvalue weighted by molar-refractivity contribution is 5.77. The number of hydrogen-bond donors (Lipinski definition) is 0. The summed E-state index contributed by atoms with van der Waals surface area (Å²) in [5, 5.41) is 0. The number of aryl methyl sites for hydroxylation is 1. The number of halogens is 2. The Morgan fingerprint density at radius 1 is 1.17 bits per heavy atom. The first-order valence-electron chi connectivity index (χ1n) is 5.42. The van der Waals surface area contributed by atoms with Gasteiger partial charge in [0.1, 0.15) is 11.6 Å². The number of hydrogen-bond acceptors (Lipinski definition) is 2. The first-order chi connectivity index (χ1) is 8.66. The lowest BCUT2D eigenvalue weighted by atomic mass is 10.3. The van der Waals surface area contributed by atoms with Crippen molar-refractivity contribution >= 4 is 11.0 Å². The van der Waals surface area contributed by atoms with E-state index in [1.54, 1.807) is 11.5 Å². The maximum atomic E-state index is 13.8. The van der Waals surface area contributed by atoms with E-state index in [9.17, 15) is 8.78 Å². The van der Waals surface area contributed by atoms with Gasteiger partial charge in [-0.2, -0.15) is 0 Å². The quantitative estimate of drug-likeness (QED) is 0.659. The fraction of sp³-hybridized carbons (Fsp3) is 0.0769. The third-order valence-electron chi connectivity index (χ3n) is 2.73. The molecule has 0 unspecified atom stereocenters. The van der Waals surface area contributed by atoms with Crippen molar-refractivity contribution in [1.29, 1.82) is 0 Å². The molecule has 0 aliphatic carbocycles. The zero-order valence-electron chi connectivity index (χ0n) is 9.56. The topological polar surface area (TPSA) is 30.7 Å². The van der Waals surface area contributed by atoms with Gasteiger partial charge < -0.3 is 0 Å². The highest BCUT2D eigenvalue weighted by atomic mass is 19.1. The fourth-order valence-electron chi connectivity index (χ4n) is 1.99. The van der Waals surface area contributed by atoms with Crippen LogP contribution in [0.1, 0.15) is 5.82 Å². The monoisotopic (exact) mass is 245 g/mol. The lowest BCUT2D eigenvalue weighted by Gasteiger charge is -2.06. The Labute approximate surface area is 102 Å². The molecular formula is C13H9F2N3. The van der Waals surface area contributed by atoms with Crippen molar-refractivity contribution in [3.05, 3.63) is 54.0 Å². The van der Waals surface area contributed by atoms with E-state index in [-0.39, 0.29) is 5.82 Å². The van der Waals surface area contributed by atoms with E-state index < -0.39 is 11.6 Å². The van der Waals surface area contributed by atoms with E-state index in [4.69, 9.17) is 0 Å². The van der Waals surface area contributed by atoms with E-state index in [1.165, 1.54) is 0 Å². The van der Waals surface area contributed by atoms with Crippen molar-refractivity contribution in [1.82, 2.24) is 14.5 Å². The van der Waals surface area contributed by atoms with E-state index >= 15 is 0 Å². The Kier molecular flexibility index (Phi) is 2.33. The zero-order valence-corrected chi connectivity index (χ0v) is 9.56. The molecule has 1 aromatic carbocycles. The molecule has 0 atom stereocenters. The molecule has 0 radical (unpaired) electrons. The number of pyridine rings is 1. The SMILES string of the molecule is Cc1nc2ccccc2n1-c1ncc(F)cc1F. The van der Waals surface area contributed by atoms with Crippen LogP contribution in [0.4, 0.5) is 8.78 Å². The molecule has 3 aromatic rings. The molecule has 0 amide bonds. The molecule has 3 nitrogen and oxygen atoms in total. The van der Waals surface area contributed by atoms with Crippen LogP contribution in [-0.4, -0.2) is 14.5 Å². The molecule has 0 fully saturated rings. The largest absolute Gasteiger partial charge is 0.278 e. The van der Waals surface area contributed by atoms with Gasteiger partial charge in [0.2, 0.25) is 0 Å². The van der Waals surface area contributed by atoms with Crippen LogP contribution in [0.3, 0.4) is 0 Å². The molecule has 2 heterocycles. The van der Waals surface area contributed by atoms with Gasteiger partial charge in [-0.05, 0) is 19.1 Å². The molecule has 0 spiro atoms. The first-order valence-corrected chi connectivity index (χ1v) is 5.42. The first kappa shape index (κ1) is 10.8. The van der Waals surface area contributed by atoms with Gasteiger partial charge in [-0.3, -0.25) is 4.57 Å². The number of benzene rings is 1. The van der Waals surface area contributed by atoms with E-state index in [0.717, 1.165) is 23.3 Å². The highest BCUT2D eigenvalue weighted by Gasteiger charge is 2.14. The molecule has 5 heteroatoms. The number of rotatable bonds is 1. The van der Waals surface area contributed by atoms with Crippen LogP contribution in [0.15, 0.2) is 36.5 Å². The van der Waals surface area contributed by atoms with Gasteiger partial charge in [-0.1, -0.05) is 12.1 Å². The van der Waals surface area contributed by atoms with Crippen LogP contribution in [0, 0.1) is 18.6 Å². The Morgan fingerprint density at radius 3 is 2.72 bits per heavy atom. The molecule has 90 valence electrons. The summed E-state index contributed by atoms with van der Waals surface area (Å²) in [4.78, 5) is 8.12. The predicted molar refractivity (Wildman–Crippen MR) is 63.5 cm³/mol. The normalized spacial score (nSPS) is 11.1. The van der Waals surface area contributed by atoms with Crippen LogP contribution >= 0.6 is 0 Å². The van der Waals surface area contributed by atoms with Gasteiger partial charge >= 0.3 is 0 Å². The minimum Gasteiger partial charge on any atom is -0.278 e. The minimum absolute atomic E-state index is 0.0580. The number of fused-ring (bicyclic) bond motifs is 1. The summed E-state index contributed by atoms with van der Waals surface area (Å²) in [5.74, 6) is -0.739. The molecule has 2 aromatic heterocycles. The van der Waals surface area contributed by atoms with Crippen LogP contribution in [0.5, 0.6) is 0 Å². The predicted octanol–water partition coefficient (Wildman–Crippen LogP) is 3.01. The second-order valence-corrected chi connectivity index (χ2v) is 3.94. The fourth-order valence-corrected chi connectivity index (χ4v) is 1.99. The Bertz CT molecular complexity index is 734. The van der Waals surface area contributed by atoms with Crippen molar-refractivity contribution in [3.8, 4) is 5.82 Å². The summed E-state index contributed by atoms with van der Waals surface area (Å²) in [6, 6.07) is 8.16. The maximum absolute atomic E-state index is 13.8. The van der Waals surface area contributed by atoms with Crippen LogP contribution in [-0.2, 0) is 0 Å². The number of nitrogens with zero attached hydrogens (tertiary/aromatic N) is 3. The Balaban J connectivity index is 2.34. The standard InChI is InChI=1S/C13H9F2N3/c1-8-17-11-4-2-3-5-12(11)18(8)13-10(15)6-9(14)7-16-13/h2-7H,1H3. The Morgan fingerprint density at radius 2 is 1.94 bits per heavy atom. The number of para-hydroxylation sites is 2. The van der Waals surface area contributed by atoms with Gasteiger partial charge in [0.25, 0.3) is 0 Å². The molecule has 0 bridgehead atoms. The van der Waals surface area contributed by atoms with Gasteiger partial charge in [0, 0.05) is 6.07 Å². The van der Waals surface area contributed by atoms with E-state index in [2.05, 4.69) is 9.97 Å². The minimum atomic E-state index is -0.707. The summed E-state index contributed by atoms with van der Waals surface area (Å²) in [5.41, 5.74) is 1.49. The summed E-state index contributed by atoms with van der Waals surface area (Å²) in [6.45, 7) is 1.75. The molecule has 0 saturated heterocycles. The lowest BCUT2D eigenvalue weighted by molar-refractivity contribution is 0.565. The zero-order chi connectivity index (χ0) is 12.7. The van der Waals surface area contributed by atoms with Crippen molar-refractivity contribution in [3.63, 3.8) is 0 Å². The van der Waals surface area contributed by atoms with Gasteiger partial charge in [-0.15, -0.1) is 0 Å². The highest BCUT2D eigenvalue weighted by Crippen LogP contribution is 2.21. The van der Waals surface area contributed by atoms with Crippen LogP contribution in [0.25, 0.3) is 16.9 Å². The van der Waals surface area contributed by atoms with Crippen molar-refractivity contribution < 1.29 is 8.78 Å². The smallest absolute Gasteiger partial charge is 0.175 e. The number of aromatic nitrogens is 3. The summed E-state index contributed by atoms with van der Waals surface area (Å²) in [6.07, 6.45) is 0.993. The van der Waals surface area contributed by atoms with Crippen molar-refractivity contribution in [2.75, 3.05) is 0 Å². The molecular weight excluding hydrogens is 236 g/mol. The summed E-state index contributed by atoms with van der Waals surface area (Å²) < 4.78 is 28.2. The lowest BCUT2D eigenvalue weighted by Crippen LogP contribution is -2.03. The molecule has 0 aliphatic heterocycles. The summed E-state index contributed by atoms with van der Waals surface area (Å²) >= 11 is 0. The second kappa shape index (κ2) is 3.87. The van der Waals surface area contributed by atoms with E-state index in [1.807, 2.05) is 24.3 Å². The third kappa shape index (κ3) is 1.55. The van der Waals surface area contributed by atoms with E-state index in [0.29, 0.717) is 5.82 Å². The second-order valence-electron chi connectivity index (χ2n) is 3.94. The van der Waals surface area contributed by atoms with Crippen LogP contribution in [0.2, 0.25) is 0 Å². The average Bonchev–Trinajstić information content (AvgIpc) is 2.66. The van der Waals surface area contributed by atoms with Crippen molar-refractivity contribution in [2.24, 2.45) is 0 Å². The van der Waals surface area contributed by atoms with Gasteiger partial charge in [-0.25, -0.2) is 18.7 Å². The third-order valence-corrected chi connectivity index (χ3v) is 2.73.